The molecule has 4 rings (SSSR count). The molecule has 1 aliphatic carbocycles. The summed E-state index contributed by atoms with van der Waals surface area (Å²) in [6.07, 6.45) is 5.36. The molecule has 1 atom stereocenters. The molecule has 1 aromatic heterocycles. The second-order valence-corrected chi connectivity index (χ2v) is 8.92. The smallest absolute Gasteiger partial charge is 0.262 e. The first-order valence-electron chi connectivity index (χ1n) is 11.1. The number of unbranched alkanes of at least 4 members (excludes halogenated alkanes) is 2. The molecule has 162 valence electrons. The van der Waals surface area contributed by atoms with E-state index in [1.54, 1.807) is 4.57 Å². The van der Waals surface area contributed by atoms with E-state index in [1.807, 2.05) is 24.3 Å². The standard InChI is InChI=1S/C25H29N3O2S/c1-17-10-12-18(13-11-17)23(19-14-15-19)27-22(29)9-3-2-6-16-28-24(30)20-7-4-5-8-21(20)26-25(28)31/h4-5,7-8,10-13,19,23H,2-3,6,9,14-16H2,1H3,(H,26,31)(H,27,29). The number of aryl methyl sites for hydroxylation is 1. The van der Waals surface area contributed by atoms with E-state index in [4.69, 9.17) is 12.2 Å². The van der Waals surface area contributed by atoms with E-state index >= 15 is 0 Å². The molecule has 1 amide bonds. The molecule has 6 heteroatoms. The van der Waals surface area contributed by atoms with E-state index in [0.29, 0.717) is 29.0 Å². The molecule has 1 saturated carbocycles. The zero-order chi connectivity index (χ0) is 21.8. The maximum Gasteiger partial charge on any atom is 0.262 e. The van der Waals surface area contributed by atoms with Crippen molar-refractivity contribution in [3.63, 3.8) is 0 Å². The molecule has 0 aliphatic heterocycles. The Morgan fingerprint density at radius 1 is 1.13 bits per heavy atom. The summed E-state index contributed by atoms with van der Waals surface area (Å²) in [5, 5.41) is 3.90. The minimum Gasteiger partial charge on any atom is -0.349 e. The number of para-hydroxylation sites is 1. The van der Waals surface area contributed by atoms with Gasteiger partial charge in [0.2, 0.25) is 5.91 Å². The summed E-state index contributed by atoms with van der Waals surface area (Å²) in [6.45, 7) is 2.64. The van der Waals surface area contributed by atoms with E-state index < -0.39 is 0 Å². The first-order valence-corrected chi connectivity index (χ1v) is 11.5. The lowest BCUT2D eigenvalue weighted by Gasteiger charge is -2.19. The molecule has 1 aliphatic rings. The van der Waals surface area contributed by atoms with Gasteiger partial charge < -0.3 is 10.3 Å². The number of benzene rings is 2. The van der Waals surface area contributed by atoms with Crippen LogP contribution in [0.3, 0.4) is 0 Å². The Hall–Kier alpha value is -2.73. The first kappa shape index (κ1) is 21.5. The predicted octanol–water partition coefficient (Wildman–Crippen LogP) is 5.20. The molecule has 0 saturated heterocycles. The zero-order valence-electron chi connectivity index (χ0n) is 17.9. The second kappa shape index (κ2) is 9.60. The third kappa shape index (κ3) is 5.31. The number of aromatic nitrogens is 2. The normalized spacial score (nSPS) is 14.5. The Morgan fingerprint density at radius 3 is 2.61 bits per heavy atom. The van der Waals surface area contributed by atoms with Crippen molar-refractivity contribution < 1.29 is 4.79 Å². The SMILES string of the molecule is Cc1ccc(C(NC(=O)CCCCCn2c(=S)[nH]c3ccccc3c2=O)C2CC2)cc1. The fourth-order valence-corrected chi connectivity index (χ4v) is 4.34. The third-order valence-corrected chi connectivity index (χ3v) is 6.34. The van der Waals surface area contributed by atoms with Crippen LogP contribution in [-0.2, 0) is 11.3 Å². The molecule has 0 spiro atoms. The molecule has 0 radical (unpaired) electrons. The van der Waals surface area contributed by atoms with Gasteiger partial charge in [-0.2, -0.15) is 0 Å². The van der Waals surface area contributed by atoms with Crippen LogP contribution in [0.2, 0.25) is 0 Å². The molecule has 1 unspecified atom stereocenters. The molecule has 2 aromatic carbocycles. The van der Waals surface area contributed by atoms with Crippen molar-refractivity contribution in [2.24, 2.45) is 5.92 Å². The number of rotatable bonds is 9. The quantitative estimate of drug-likeness (QED) is 0.359. The van der Waals surface area contributed by atoms with Crippen LogP contribution in [0, 0.1) is 17.6 Å². The molecule has 2 N–H and O–H groups in total. The maximum absolute atomic E-state index is 12.7. The van der Waals surface area contributed by atoms with Gasteiger partial charge in [0.25, 0.3) is 5.56 Å². The monoisotopic (exact) mass is 435 g/mol. The Morgan fingerprint density at radius 2 is 1.87 bits per heavy atom. The second-order valence-electron chi connectivity index (χ2n) is 8.54. The van der Waals surface area contributed by atoms with E-state index in [1.165, 1.54) is 24.0 Å². The largest absolute Gasteiger partial charge is 0.349 e. The van der Waals surface area contributed by atoms with Gasteiger partial charge in [-0.1, -0.05) is 48.4 Å². The van der Waals surface area contributed by atoms with Gasteiger partial charge in [0.05, 0.1) is 16.9 Å². The number of carbonyl (C=O) groups is 1. The lowest BCUT2D eigenvalue weighted by molar-refractivity contribution is -0.122. The molecule has 31 heavy (non-hydrogen) atoms. The van der Waals surface area contributed by atoms with Gasteiger partial charge in [0.1, 0.15) is 0 Å². The molecule has 1 fully saturated rings. The average Bonchev–Trinajstić information content (AvgIpc) is 3.60. The van der Waals surface area contributed by atoms with Crippen molar-refractivity contribution in [1.82, 2.24) is 14.9 Å². The molecule has 1 heterocycles. The van der Waals surface area contributed by atoms with Gasteiger partial charge in [0, 0.05) is 13.0 Å². The van der Waals surface area contributed by atoms with Crippen LogP contribution in [0.1, 0.15) is 55.7 Å². The van der Waals surface area contributed by atoms with Gasteiger partial charge >= 0.3 is 0 Å². The van der Waals surface area contributed by atoms with Crippen LogP contribution in [0.25, 0.3) is 10.9 Å². The fourth-order valence-electron chi connectivity index (χ4n) is 4.06. The fraction of sp³-hybridized carbons (Fsp3) is 0.400. The van der Waals surface area contributed by atoms with E-state index in [0.717, 1.165) is 24.8 Å². The van der Waals surface area contributed by atoms with E-state index in [2.05, 4.69) is 41.5 Å². The third-order valence-electron chi connectivity index (χ3n) is 6.02. The number of hydrogen-bond acceptors (Lipinski definition) is 3. The van der Waals surface area contributed by atoms with Gasteiger partial charge in [-0.05, 0) is 68.4 Å². The Labute approximate surface area is 187 Å². The zero-order valence-corrected chi connectivity index (χ0v) is 18.7. The van der Waals surface area contributed by atoms with Crippen LogP contribution in [0.5, 0.6) is 0 Å². The number of amides is 1. The number of nitrogens with one attached hydrogen (secondary N) is 2. The molecular formula is C25H29N3O2S. The van der Waals surface area contributed by atoms with Gasteiger partial charge in [0.15, 0.2) is 4.77 Å². The summed E-state index contributed by atoms with van der Waals surface area (Å²) in [6, 6.07) is 16.0. The summed E-state index contributed by atoms with van der Waals surface area (Å²) in [4.78, 5) is 28.3. The number of nitrogens with zero attached hydrogens (tertiary/aromatic N) is 1. The molecule has 5 nitrogen and oxygen atoms in total. The topological polar surface area (TPSA) is 66.9 Å². The molecular weight excluding hydrogens is 406 g/mol. The number of hydrogen-bond donors (Lipinski definition) is 2. The molecule has 0 bridgehead atoms. The first-order chi connectivity index (χ1) is 15.0. The van der Waals surface area contributed by atoms with Crippen LogP contribution >= 0.6 is 12.2 Å². The van der Waals surface area contributed by atoms with Crippen molar-refractivity contribution >= 4 is 29.0 Å². The Bertz CT molecular complexity index is 1180. The highest BCUT2D eigenvalue weighted by atomic mass is 32.1. The Kier molecular flexibility index (Phi) is 6.66. The number of aromatic amines is 1. The summed E-state index contributed by atoms with van der Waals surface area (Å²) in [5.41, 5.74) is 3.15. The summed E-state index contributed by atoms with van der Waals surface area (Å²) < 4.78 is 2.07. The summed E-state index contributed by atoms with van der Waals surface area (Å²) in [7, 11) is 0. The van der Waals surface area contributed by atoms with E-state index in [9.17, 15) is 9.59 Å². The predicted molar refractivity (Wildman–Crippen MR) is 127 cm³/mol. The maximum atomic E-state index is 12.7. The Balaban J connectivity index is 1.27. The lowest BCUT2D eigenvalue weighted by Crippen LogP contribution is -2.29. The lowest BCUT2D eigenvalue weighted by atomic mass is 10.0. The van der Waals surface area contributed by atoms with Crippen molar-refractivity contribution in [1.29, 1.82) is 0 Å². The van der Waals surface area contributed by atoms with Crippen molar-refractivity contribution in [3.05, 3.63) is 74.8 Å². The summed E-state index contributed by atoms with van der Waals surface area (Å²) >= 11 is 5.36. The van der Waals surface area contributed by atoms with Gasteiger partial charge in [-0.25, -0.2) is 0 Å². The number of carbonyl (C=O) groups excluding carboxylic acids is 1. The minimum absolute atomic E-state index is 0.0533. The van der Waals surface area contributed by atoms with Crippen LogP contribution in [-0.4, -0.2) is 15.5 Å². The van der Waals surface area contributed by atoms with Gasteiger partial charge in [-0.3, -0.25) is 14.2 Å². The van der Waals surface area contributed by atoms with Crippen LogP contribution < -0.4 is 10.9 Å². The number of fused-ring (bicyclic) bond motifs is 1. The van der Waals surface area contributed by atoms with Crippen molar-refractivity contribution in [3.8, 4) is 0 Å². The average molecular weight is 436 g/mol. The van der Waals surface area contributed by atoms with Crippen molar-refractivity contribution in [2.75, 3.05) is 0 Å². The number of H-pyrrole nitrogens is 1. The van der Waals surface area contributed by atoms with E-state index in [-0.39, 0.29) is 17.5 Å². The highest BCUT2D eigenvalue weighted by molar-refractivity contribution is 7.71. The summed E-state index contributed by atoms with van der Waals surface area (Å²) in [5.74, 6) is 0.672. The highest BCUT2D eigenvalue weighted by Crippen LogP contribution is 2.41. The van der Waals surface area contributed by atoms with Crippen LogP contribution in [0.15, 0.2) is 53.3 Å². The minimum atomic E-state index is -0.0533. The van der Waals surface area contributed by atoms with Crippen molar-refractivity contribution in [2.45, 2.75) is 58.0 Å². The van der Waals surface area contributed by atoms with Gasteiger partial charge in [-0.15, -0.1) is 0 Å². The highest BCUT2D eigenvalue weighted by Gasteiger charge is 2.33. The molecule has 3 aromatic rings. The van der Waals surface area contributed by atoms with Crippen LogP contribution in [0.4, 0.5) is 0 Å².